The van der Waals surface area contributed by atoms with Crippen LogP contribution in [0.4, 0.5) is 5.95 Å². The standard InChI is InChI=1S/C13H15N3OS/c1-9-4-6-18-12(9)11-7-15-13(16-8-11)14-5-3-10(2)17/h4,6-8H,3,5H2,1-2H3,(H,14,15,16). The van der Waals surface area contributed by atoms with Gasteiger partial charge in [-0.05, 0) is 30.9 Å². The number of nitrogens with one attached hydrogen (secondary N) is 1. The summed E-state index contributed by atoms with van der Waals surface area (Å²) >= 11 is 1.69. The van der Waals surface area contributed by atoms with Crippen molar-refractivity contribution >= 4 is 23.1 Å². The second-order valence-corrected chi connectivity index (χ2v) is 5.02. The Morgan fingerprint density at radius 1 is 1.39 bits per heavy atom. The second kappa shape index (κ2) is 5.73. The van der Waals surface area contributed by atoms with Gasteiger partial charge in [-0.3, -0.25) is 4.79 Å². The molecule has 0 aliphatic carbocycles. The van der Waals surface area contributed by atoms with Crippen molar-refractivity contribution in [3.63, 3.8) is 0 Å². The number of nitrogens with zero attached hydrogens (tertiary/aromatic N) is 2. The normalized spacial score (nSPS) is 10.3. The van der Waals surface area contributed by atoms with E-state index >= 15 is 0 Å². The summed E-state index contributed by atoms with van der Waals surface area (Å²) in [5, 5.41) is 5.08. The molecule has 2 aromatic rings. The number of carbonyl (C=O) groups excluding carboxylic acids is 1. The first-order valence-corrected chi connectivity index (χ1v) is 6.64. The molecule has 2 rings (SSSR count). The van der Waals surface area contributed by atoms with Gasteiger partial charge in [-0.25, -0.2) is 9.97 Å². The molecule has 2 heterocycles. The Morgan fingerprint density at radius 2 is 2.11 bits per heavy atom. The lowest BCUT2D eigenvalue weighted by Crippen LogP contribution is -2.08. The molecule has 0 saturated heterocycles. The molecule has 2 aromatic heterocycles. The first-order valence-electron chi connectivity index (χ1n) is 5.76. The third-order valence-electron chi connectivity index (χ3n) is 2.54. The molecule has 0 fully saturated rings. The summed E-state index contributed by atoms with van der Waals surface area (Å²) in [5.74, 6) is 0.725. The summed E-state index contributed by atoms with van der Waals surface area (Å²) < 4.78 is 0. The van der Waals surface area contributed by atoms with Crippen LogP contribution in [0.1, 0.15) is 18.9 Å². The fourth-order valence-corrected chi connectivity index (χ4v) is 2.46. The van der Waals surface area contributed by atoms with Gasteiger partial charge in [0.25, 0.3) is 0 Å². The number of aromatic nitrogens is 2. The van der Waals surface area contributed by atoms with Crippen molar-refractivity contribution in [3.05, 3.63) is 29.4 Å². The number of anilines is 1. The molecule has 0 aliphatic heterocycles. The number of aryl methyl sites for hydroxylation is 1. The van der Waals surface area contributed by atoms with Crippen LogP contribution in [0.2, 0.25) is 0 Å². The summed E-state index contributed by atoms with van der Waals surface area (Å²) in [6.07, 6.45) is 4.11. The topological polar surface area (TPSA) is 54.9 Å². The zero-order valence-electron chi connectivity index (χ0n) is 10.4. The number of thiophene rings is 1. The summed E-state index contributed by atoms with van der Waals surface area (Å²) in [6.45, 7) is 4.22. The van der Waals surface area contributed by atoms with Crippen molar-refractivity contribution in [2.24, 2.45) is 0 Å². The van der Waals surface area contributed by atoms with Crippen LogP contribution in [0.25, 0.3) is 10.4 Å². The zero-order valence-corrected chi connectivity index (χ0v) is 11.3. The number of ketones is 1. The minimum atomic E-state index is 0.160. The van der Waals surface area contributed by atoms with Gasteiger partial charge in [0.2, 0.25) is 5.95 Å². The SMILES string of the molecule is CC(=O)CCNc1ncc(-c2sccc2C)cn1. The van der Waals surface area contributed by atoms with E-state index in [1.54, 1.807) is 18.3 Å². The lowest BCUT2D eigenvalue weighted by atomic mass is 10.2. The van der Waals surface area contributed by atoms with E-state index in [2.05, 4.69) is 33.7 Å². The van der Waals surface area contributed by atoms with Gasteiger partial charge in [0, 0.05) is 35.8 Å². The Bertz CT molecular complexity index is 533. The van der Waals surface area contributed by atoms with Crippen LogP contribution in [-0.4, -0.2) is 22.3 Å². The number of rotatable bonds is 5. The van der Waals surface area contributed by atoms with Crippen molar-refractivity contribution in [1.29, 1.82) is 0 Å². The number of hydrogen-bond donors (Lipinski definition) is 1. The predicted octanol–water partition coefficient (Wildman–Crippen LogP) is 2.90. The molecule has 4 nitrogen and oxygen atoms in total. The molecule has 0 atom stereocenters. The van der Waals surface area contributed by atoms with Gasteiger partial charge in [-0.2, -0.15) is 0 Å². The molecule has 0 spiro atoms. The molecule has 1 N–H and O–H groups in total. The number of Topliss-reactive ketones (excluding diaryl/α,β-unsaturated/α-hetero) is 1. The minimum Gasteiger partial charge on any atom is -0.354 e. The van der Waals surface area contributed by atoms with E-state index < -0.39 is 0 Å². The van der Waals surface area contributed by atoms with E-state index in [1.807, 2.05) is 12.4 Å². The van der Waals surface area contributed by atoms with E-state index in [9.17, 15) is 4.79 Å². The average Bonchev–Trinajstić information content (AvgIpc) is 2.76. The Balaban J connectivity index is 2.02. The molecule has 0 unspecified atom stereocenters. The monoisotopic (exact) mass is 261 g/mol. The fraction of sp³-hybridized carbons (Fsp3) is 0.308. The third-order valence-corrected chi connectivity index (χ3v) is 3.60. The van der Waals surface area contributed by atoms with Crippen molar-refractivity contribution in [2.75, 3.05) is 11.9 Å². The largest absolute Gasteiger partial charge is 0.354 e. The Morgan fingerprint density at radius 3 is 2.67 bits per heavy atom. The van der Waals surface area contributed by atoms with Crippen LogP contribution >= 0.6 is 11.3 Å². The van der Waals surface area contributed by atoms with E-state index in [0.29, 0.717) is 18.9 Å². The van der Waals surface area contributed by atoms with Gasteiger partial charge in [0.1, 0.15) is 5.78 Å². The smallest absolute Gasteiger partial charge is 0.222 e. The van der Waals surface area contributed by atoms with Gasteiger partial charge >= 0.3 is 0 Å². The number of carbonyl (C=O) groups is 1. The molecule has 0 saturated carbocycles. The van der Waals surface area contributed by atoms with E-state index in [-0.39, 0.29) is 5.78 Å². The first-order chi connectivity index (χ1) is 8.66. The highest BCUT2D eigenvalue weighted by Gasteiger charge is 2.04. The zero-order chi connectivity index (χ0) is 13.0. The van der Waals surface area contributed by atoms with Crippen LogP contribution in [0.15, 0.2) is 23.8 Å². The first kappa shape index (κ1) is 12.7. The number of hydrogen-bond acceptors (Lipinski definition) is 5. The highest BCUT2D eigenvalue weighted by Crippen LogP contribution is 2.27. The van der Waals surface area contributed by atoms with E-state index in [0.717, 1.165) is 5.56 Å². The summed E-state index contributed by atoms with van der Waals surface area (Å²) in [6, 6.07) is 2.08. The molecule has 18 heavy (non-hydrogen) atoms. The molecule has 0 radical (unpaired) electrons. The molecule has 0 aromatic carbocycles. The molecular formula is C13H15N3OS. The summed E-state index contributed by atoms with van der Waals surface area (Å²) in [7, 11) is 0. The Hall–Kier alpha value is -1.75. The quantitative estimate of drug-likeness (QED) is 0.899. The third kappa shape index (κ3) is 3.13. The van der Waals surface area contributed by atoms with Crippen molar-refractivity contribution in [1.82, 2.24) is 9.97 Å². The predicted molar refractivity (Wildman–Crippen MR) is 73.9 cm³/mol. The molecule has 94 valence electrons. The van der Waals surface area contributed by atoms with Crippen LogP contribution in [-0.2, 0) is 4.79 Å². The second-order valence-electron chi connectivity index (χ2n) is 4.11. The highest BCUT2D eigenvalue weighted by molar-refractivity contribution is 7.13. The lowest BCUT2D eigenvalue weighted by Gasteiger charge is -2.04. The van der Waals surface area contributed by atoms with Crippen LogP contribution in [0.5, 0.6) is 0 Å². The van der Waals surface area contributed by atoms with E-state index in [4.69, 9.17) is 0 Å². The van der Waals surface area contributed by atoms with E-state index in [1.165, 1.54) is 10.4 Å². The molecule has 0 bridgehead atoms. The van der Waals surface area contributed by atoms with Gasteiger partial charge in [0.05, 0.1) is 0 Å². The van der Waals surface area contributed by atoms with Crippen LogP contribution < -0.4 is 5.32 Å². The molecular weight excluding hydrogens is 246 g/mol. The highest BCUT2D eigenvalue weighted by atomic mass is 32.1. The van der Waals surface area contributed by atoms with Gasteiger partial charge < -0.3 is 5.32 Å². The van der Waals surface area contributed by atoms with Gasteiger partial charge in [-0.15, -0.1) is 11.3 Å². The maximum Gasteiger partial charge on any atom is 0.222 e. The maximum absolute atomic E-state index is 10.8. The maximum atomic E-state index is 10.8. The van der Waals surface area contributed by atoms with Crippen LogP contribution in [0.3, 0.4) is 0 Å². The fourth-order valence-electron chi connectivity index (χ4n) is 1.56. The lowest BCUT2D eigenvalue weighted by molar-refractivity contribution is -0.116. The van der Waals surface area contributed by atoms with Crippen molar-refractivity contribution in [3.8, 4) is 10.4 Å². The molecule has 5 heteroatoms. The Labute approximate surface area is 110 Å². The van der Waals surface area contributed by atoms with Gasteiger partial charge in [0.15, 0.2) is 0 Å². The van der Waals surface area contributed by atoms with Crippen molar-refractivity contribution < 1.29 is 4.79 Å². The average molecular weight is 261 g/mol. The minimum absolute atomic E-state index is 0.160. The summed E-state index contributed by atoms with van der Waals surface area (Å²) in [4.78, 5) is 20.5. The van der Waals surface area contributed by atoms with Crippen LogP contribution in [0, 0.1) is 6.92 Å². The Kier molecular flexibility index (Phi) is 4.04. The van der Waals surface area contributed by atoms with Gasteiger partial charge in [-0.1, -0.05) is 0 Å². The van der Waals surface area contributed by atoms with Crippen molar-refractivity contribution in [2.45, 2.75) is 20.3 Å². The molecule has 0 amide bonds. The summed E-state index contributed by atoms with van der Waals surface area (Å²) in [5.41, 5.74) is 2.26. The molecule has 0 aliphatic rings.